The van der Waals surface area contributed by atoms with Crippen molar-refractivity contribution in [3.8, 4) is 11.8 Å². The van der Waals surface area contributed by atoms with Gasteiger partial charge in [-0.05, 0) is 90.6 Å². The van der Waals surface area contributed by atoms with E-state index in [-0.39, 0.29) is 0 Å². The van der Waals surface area contributed by atoms with Crippen molar-refractivity contribution in [2.24, 2.45) is 11.5 Å². The molecule has 3 aromatic carbocycles. The molecule has 30 heavy (non-hydrogen) atoms. The number of rotatable bonds is 6. The standard InChI is InChI=1S/C26H24Br2N2/c27-25-15-21(13-23(17-25)8-10-29)6-4-19-2-1-3-20(12-19)5-7-22-14-24(9-11-30)18-26(28)16-22/h1-4,6,12-18H,8-11,29-30H2. The highest BCUT2D eigenvalue weighted by Crippen LogP contribution is 2.19. The predicted octanol–water partition coefficient (Wildman–Crippen LogP) is 5.78. The zero-order valence-corrected chi connectivity index (χ0v) is 19.8. The van der Waals surface area contributed by atoms with Gasteiger partial charge in [0.05, 0.1) is 0 Å². The lowest BCUT2D eigenvalue weighted by Crippen LogP contribution is -2.02. The second kappa shape index (κ2) is 11.3. The molecule has 0 heterocycles. The van der Waals surface area contributed by atoms with Gasteiger partial charge in [0.2, 0.25) is 0 Å². The summed E-state index contributed by atoms with van der Waals surface area (Å²) in [4.78, 5) is 0. The molecule has 4 heteroatoms. The van der Waals surface area contributed by atoms with E-state index in [0.717, 1.165) is 44.0 Å². The molecule has 3 rings (SSSR count). The van der Waals surface area contributed by atoms with Crippen LogP contribution in [-0.2, 0) is 12.8 Å². The maximum Gasteiger partial charge on any atom is 0.0263 e. The van der Waals surface area contributed by atoms with Crippen LogP contribution >= 0.6 is 31.9 Å². The average Bonchev–Trinajstić information content (AvgIpc) is 2.71. The van der Waals surface area contributed by atoms with Crippen LogP contribution < -0.4 is 11.5 Å². The maximum atomic E-state index is 5.69. The molecular weight excluding hydrogens is 500 g/mol. The molecule has 0 aliphatic heterocycles. The monoisotopic (exact) mass is 522 g/mol. The Bertz CT molecular complexity index is 1110. The summed E-state index contributed by atoms with van der Waals surface area (Å²) in [7, 11) is 0. The third-order valence-corrected chi connectivity index (χ3v) is 5.43. The minimum atomic E-state index is 0.628. The third kappa shape index (κ3) is 6.97. The van der Waals surface area contributed by atoms with Gasteiger partial charge < -0.3 is 11.5 Å². The van der Waals surface area contributed by atoms with Crippen LogP contribution in [0.3, 0.4) is 0 Å². The lowest BCUT2D eigenvalue weighted by Gasteiger charge is -2.03. The van der Waals surface area contributed by atoms with Gasteiger partial charge in [-0.1, -0.05) is 74.1 Å². The largest absolute Gasteiger partial charge is 0.330 e. The van der Waals surface area contributed by atoms with Crippen LogP contribution in [0.25, 0.3) is 12.2 Å². The summed E-state index contributed by atoms with van der Waals surface area (Å²) >= 11 is 7.14. The summed E-state index contributed by atoms with van der Waals surface area (Å²) in [6.07, 6.45) is 5.94. The van der Waals surface area contributed by atoms with Crippen molar-refractivity contribution < 1.29 is 0 Å². The van der Waals surface area contributed by atoms with Gasteiger partial charge in [-0.15, -0.1) is 0 Å². The van der Waals surface area contributed by atoms with Crippen LogP contribution in [0.1, 0.15) is 33.4 Å². The number of halogens is 2. The fourth-order valence-corrected chi connectivity index (χ4v) is 4.27. The van der Waals surface area contributed by atoms with E-state index >= 15 is 0 Å². The normalized spacial score (nSPS) is 10.8. The Kier molecular flexibility index (Phi) is 8.48. The van der Waals surface area contributed by atoms with Crippen molar-refractivity contribution in [3.05, 3.63) is 103 Å². The second-order valence-electron chi connectivity index (χ2n) is 7.03. The van der Waals surface area contributed by atoms with E-state index < -0.39 is 0 Å². The van der Waals surface area contributed by atoms with Crippen LogP contribution in [0.4, 0.5) is 0 Å². The molecule has 0 saturated carbocycles. The Hall–Kier alpha value is -2.16. The molecule has 0 aromatic heterocycles. The van der Waals surface area contributed by atoms with Crippen molar-refractivity contribution in [2.75, 3.05) is 13.1 Å². The topological polar surface area (TPSA) is 52.0 Å². The molecule has 0 saturated heterocycles. The molecule has 0 amide bonds. The molecule has 3 aromatic rings. The van der Waals surface area contributed by atoms with E-state index in [1.54, 1.807) is 0 Å². The van der Waals surface area contributed by atoms with Gasteiger partial charge in [-0.2, -0.15) is 0 Å². The summed E-state index contributed by atoms with van der Waals surface area (Å²) in [5, 5.41) is 0. The SMILES string of the molecule is NCCc1cc(Br)cc(C#Cc2cccc(C=Cc3cc(Br)cc(CCN)c3)c2)c1. The molecule has 0 fully saturated rings. The Labute approximate surface area is 195 Å². The van der Waals surface area contributed by atoms with Gasteiger partial charge in [0.25, 0.3) is 0 Å². The van der Waals surface area contributed by atoms with Crippen LogP contribution in [0.15, 0.2) is 69.6 Å². The minimum absolute atomic E-state index is 0.628. The predicted molar refractivity (Wildman–Crippen MR) is 135 cm³/mol. The van der Waals surface area contributed by atoms with E-state index in [0.29, 0.717) is 13.1 Å². The molecule has 0 radical (unpaired) electrons. The fourth-order valence-electron chi connectivity index (χ4n) is 3.17. The lowest BCUT2D eigenvalue weighted by molar-refractivity contribution is 0.967. The number of nitrogens with two attached hydrogens (primary N) is 2. The van der Waals surface area contributed by atoms with Crippen molar-refractivity contribution in [1.82, 2.24) is 0 Å². The van der Waals surface area contributed by atoms with Crippen molar-refractivity contribution >= 4 is 44.0 Å². The van der Waals surface area contributed by atoms with E-state index in [2.05, 4.69) is 98.3 Å². The molecule has 0 aliphatic rings. The first kappa shape index (κ1) is 22.5. The summed E-state index contributed by atoms with van der Waals surface area (Å²) in [6, 6.07) is 20.8. The smallest absolute Gasteiger partial charge is 0.0263 e. The molecular formula is C26H24Br2N2. The van der Waals surface area contributed by atoms with Gasteiger partial charge in [-0.25, -0.2) is 0 Å². The molecule has 0 unspecified atom stereocenters. The summed E-state index contributed by atoms with van der Waals surface area (Å²) in [5.74, 6) is 6.54. The van der Waals surface area contributed by atoms with Gasteiger partial charge in [0.1, 0.15) is 0 Å². The Morgan fingerprint density at radius 3 is 2.03 bits per heavy atom. The first-order valence-electron chi connectivity index (χ1n) is 9.85. The van der Waals surface area contributed by atoms with Crippen molar-refractivity contribution in [3.63, 3.8) is 0 Å². The number of benzene rings is 3. The minimum Gasteiger partial charge on any atom is -0.330 e. The highest BCUT2D eigenvalue weighted by molar-refractivity contribution is 9.10. The van der Waals surface area contributed by atoms with Crippen LogP contribution in [0, 0.1) is 11.8 Å². The van der Waals surface area contributed by atoms with Gasteiger partial charge in [0, 0.05) is 20.1 Å². The average molecular weight is 524 g/mol. The molecule has 0 spiro atoms. The Morgan fingerprint density at radius 2 is 1.30 bits per heavy atom. The molecule has 0 bridgehead atoms. The molecule has 152 valence electrons. The van der Waals surface area contributed by atoms with E-state index in [4.69, 9.17) is 11.5 Å². The highest BCUT2D eigenvalue weighted by atomic mass is 79.9. The zero-order valence-electron chi connectivity index (χ0n) is 16.7. The Morgan fingerprint density at radius 1 is 0.667 bits per heavy atom. The molecule has 0 atom stereocenters. The van der Waals surface area contributed by atoms with Crippen LogP contribution in [0.2, 0.25) is 0 Å². The van der Waals surface area contributed by atoms with Crippen LogP contribution in [-0.4, -0.2) is 13.1 Å². The van der Waals surface area contributed by atoms with Gasteiger partial charge >= 0.3 is 0 Å². The Balaban J connectivity index is 1.79. The summed E-state index contributed by atoms with van der Waals surface area (Å²) in [6.45, 7) is 1.27. The zero-order chi connectivity index (χ0) is 21.3. The summed E-state index contributed by atoms with van der Waals surface area (Å²) in [5.41, 5.74) is 18.0. The quantitative estimate of drug-likeness (QED) is 0.317. The first-order valence-corrected chi connectivity index (χ1v) is 11.4. The fraction of sp³-hybridized carbons (Fsp3) is 0.154. The third-order valence-electron chi connectivity index (χ3n) is 4.51. The number of hydrogen-bond donors (Lipinski definition) is 2. The van der Waals surface area contributed by atoms with Crippen molar-refractivity contribution in [2.45, 2.75) is 12.8 Å². The summed E-state index contributed by atoms with van der Waals surface area (Å²) < 4.78 is 2.09. The first-order chi connectivity index (χ1) is 14.6. The molecule has 2 nitrogen and oxygen atoms in total. The number of hydrogen-bond acceptors (Lipinski definition) is 2. The lowest BCUT2D eigenvalue weighted by atomic mass is 10.1. The van der Waals surface area contributed by atoms with E-state index in [1.807, 2.05) is 18.2 Å². The van der Waals surface area contributed by atoms with Gasteiger partial charge in [0.15, 0.2) is 0 Å². The van der Waals surface area contributed by atoms with Gasteiger partial charge in [-0.3, -0.25) is 0 Å². The van der Waals surface area contributed by atoms with Crippen molar-refractivity contribution in [1.29, 1.82) is 0 Å². The van der Waals surface area contributed by atoms with E-state index in [9.17, 15) is 0 Å². The van der Waals surface area contributed by atoms with Crippen LogP contribution in [0.5, 0.6) is 0 Å². The second-order valence-corrected chi connectivity index (χ2v) is 8.86. The van der Waals surface area contributed by atoms with E-state index in [1.165, 1.54) is 11.1 Å². The molecule has 4 N–H and O–H groups in total. The highest BCUT2D eigenvalue weighted by Gasteiger charge is 1.99. The maximum absolute atomic E-state index is 5.69. The molecule has 0 aliphatic carbocycles.